The van der Waals surface area contributed by atoms with Gasteiger partial charge in [-0.2, -0.15) is 0 Å². The fraction of sp³-hybridized carbons (Fsp3) is 0.600. The Hall–Kier alpha value is -1.02. The lowest BCUT2D eigenvalue weighted by molar-refractivity contribution is 0.410. The molecule has 0 radical (unpaired) electrons. The second kappa shape index (κ2) is 5.09. The molecule has 1 aromatic rings. The summed E-state index contributed by atoms with van der Waals surface area (Å²) < 4.78 is 5.37. The highest BCUT2D eigenvalue weighted by molar-refractivity contribution is 5.42. The molecule has 1 aliphatic rings. The van der Waals surface area contributed by atoms with Crippen LogP contribution in [0.4, 0.5) is 0 Å². The van der Waals surface area contributed by atoms with E-state index in [4.69, 9.17) is 4.74 Å². The molecular formula is C15H23NO. The maximum atomic E-state index is 5.37. The van der Waals surface area contributed by atoms with E-state index in [0.717, 1.165) is 11.7 Å². The van der Waals surface area contributed by atoms with Gasteiger partial charge in [-0.25, -0.2) is 0 Å². The van der Waals surface area contributed by atoms with Gasteiger partial charge in [0.1, 0.15) is 5.75 Å². The first kappa shape index (κ1) is 12.4. The summed E-state index contributed by atoms with van der Waals surface area (Å²) in [5.74, 6) is 1.93. The van der Waals surface area contributed by atoms with Gasteiger partial charge < -0.3 is 10.1 Å². The van der Waals surface area contributed by atoms with Gasteiger partial charge in [-0.1, -0.05) is 18.9 Å². The first-order valence-electron chi connectivity index (χ1n) is 6.48. The molecule has 0 heterocycles. The molecule has 1 fully saturated rings. The van der Waals surface area contributed by atoms with Crippen LogP contribution >= 0.6 is 0 Å². The van der Waals surface area contributed by atoms with Crippen molar-refractivity contribution in [3.8, 4) is 5.75 Å². The lowest BCUT2D eigenvalue weighted by Crippen LogP contribution is -2.18. The number of nitrogens with one attached hydrogen (secondary N) is 1. The first-order chi connectivity index (χ1) is 8.15. The zero-order chi connectivity index (χ0) is 12.4. The highest BCUT2D eigenvalue weighted by atomic mass is 16.5. The Morgan fingerprint density at radius 2 is 2.00 bits per heavy atom. The van der Waals surface area contributed by atoms with Crippen LogP contribution in [0.15, 0.2) is 12.1 Å². The highest BCUT2D eigenvalue weighted by Crippen LogP contribution is 2.39. The van der Waals surface area contributed by atoms with Crippen LogP contribution in [-0.2, 0) is 0 Å². The van der Waals surface area contributed by atoms with Crippen molar-refractivity contribution in [2.45, 2.75) is 39.2 Å². The van der Waals surface area contributed by atoms with E-state index in [-0.39, 0.29) is 0 Å². The molecule has 2 rings (SSSR count). The summed E-state index contributed by atoms with van der Waals surface area (Å²) in [5.41, 5.74) is 3.98. The third kappa shape index (κ3) is 2.81. The van der Waals surface area contributed by atoms with Gasteiger partial charge in [0.15, 0.2) is 0 Å². The topological polar surface area (TPSA) is 21.3 Å². The van der Waals surface area contributed by atoms with Gasteiger partial charge in [0.2, 0.25) is 0 Å². The highest BCUT2D eigenvalue weighted by Gasteiger charge is 2.26. The molecule has 0 amide bonds. The van der Waals surface area contributed by atoms with Crippen molar-refractivity contribution in [2.24, 2.45) is 5.92 Å². The number of hydrogen-bond donors (Lipinski definition) is 1. The molecule has 1 aromatic carbocycles. The van der Waals surface area contributed by atoms with Crippen LogP contribution in [0.25, 0.3) is 0 Å². The quantitative estimate of drug-likeness (QED) is 0.842. The van der Waals surface area contributed by atoms with Crippen molar-refractivity contribution in [1.82, 2.24) is 5.32 Å². The summed E-state index contributed by atoms with van der Waals surface area (Å²) in [6, 6.07) is 4.92. The Balaban J connectivity index is 2.25. The van der Waals surface area contributed by atoms with Crippen LogP contribution in [0, 0.1) is 19.8 Å². The summed E-state index contributed by atoms with van der Waals surface area (Å²) in [7, 11) is 3.80. The molecule has 2 nitrogen and oxygen atoms in total. The molecule has 0 aromatic heterocycles. The van der Waals surface area contributed by atoms with Crippen molar-refractivity contribution < 1.29 is 4.74 Å². The third-order valence-corrected chi connectivity index (χ3v) is 3.77. The zero-order valence-corrected chi connectivity index (χ0v) is 11.3. The van der Waals surface area contributed by atoms with E-state index in [1.54, 1.807) is 7.11 Å². The number of ether oxygens (including phenoxy) is 1. The summed E-state index contributed by atoms with van der Waals surface area (Å²) >= 11 is 0. The van der Waals surface area contributed by atoms with Gasteiger partial charge in [-0.3, -0.25) is 0 Å². The van der Waals surface area contributed by atoms with E-state index >= 15 is 0 Å². The standard InChI is InChI=1S/C15H23NO/c1-10-8-15(17-4)11(2)7-13(10)14(16-3)9-12-5-6-12/h7-8,12,14,16H,5-6,9H2,1-4H3. The average molecular weight is 233 g/mol. The number of benzene rings is 1. The van der Waals surface area contributed by atoms with Gasteiger partial charge in [0, 0.05) is 6.04 Å². The summed E-state index contributed by atoms with van der Waals surface area (Å²) in [6.45, 7) is 4.29. The van der Waals surface area contributed by atoms with Gasteiger partial charge in [0.25, 0.3) is 0 Å². The molecule has 1 aliphatic carbocycles. The Labute approximate surface area is 104 Å². The largest absolute Gasteiger partial charge is 0.496 e. The minimum Gasteiger partial charge on any atom is -0.496 e. The van der Waals surface area contributed by atoms with Gasteiger partial charge in [-0.05, 0) is 56.0 Å². The van der Waals surface area contributed by atoms with Crippen LogP contribution in [0.5, 0.6) is 5.75 Å². The molecule has 0 saturated heterocycles. The normalized spacial score (nSPS) is 16.9. The molecule has 1 saturated carbocycles. The molecule has 0 bridgehead atoms. The Kier molecular flexibility index (Phi) is 3.72. The Bertz CT molecular complexity index is 396. The summed E-state index contributed by atoms with van der Waals surface area (Å²) in [6.07, 6.45) is 4.09. The Morgan fingerprint density at radius 3 is 2.53 bits per heavy atom. The van der Waals surface area contributed by atoms with Crippen molar-refractivity contribution in [2.75, 3.05) is 14.2 Å². The molecule has 94 valence electrons. The minimum atomic E-state index is 0.493. The lowest BCUT2D eigenvalue weighted by Gasteiger charge is -2.20. The van der Waals surface area contributed by atoms with Gasteiger partial charge in [0.05, 0.1) is 7.11 Å². The SMILES string of the molecule is CNC(CC1CC1)c1cc(C)c(OC)cc1C. The second-order valence-corrected chi connectivity index (χ2v) is 5.20. The molecule has 1 unspecified atom stereocenters. The molecule has 1 atom stereocenters. The fourth-order valence-corrected chi connectivity index (χ4v) is 2.49. The van der Waals surface area contributed by atoms with Gasteiger partial charge in [-0.15, -0.1) is 0 Å². The maximum Gasteiger partial charge on any atom is 0.122 e. The number of aryl methyl sites for hydroxylation is 2. The average Bonchev–Trinajstić information content (AvgIpc) is 3.12. The van der Waals surface area contributed by atoms with Gasteiger partial charge >= 0.3 is 0 Å². The maximum absolute atomic E-state index is 5.37. The third-order valence-electron chi connectivity index (χ3n) is 3.77. The van der Waals surface area contributed by atoms with Crippen LogP contribution in [0.2, 0.25) is 0 Å². The number of hydrogen-bond acceptors (Lipinski definition) is 2. The van der Waals surface area contributed by atoms with E-state index in [1.807, 2.05) is 0 Å². The van der Waals surface area contributed by atoms with Crippen molar-refractivity contribution in [3.63, 3.8) is 0 Å². The van der Waals surface area contributed by atoms with E-state index in [2.05, 4.69) is 38.3 Å². The fourth-order valence-electron chi connectivity index (χ4n) is 2.49. The minimum absolute atomic E-state index is 0.493. The van der Waals surface area contributed by atoms with E-state index in [0.29, 0.717) is 6.04 Å². The molecule has 0 spiro atoms. The summed E-state index contributed by atoms with van der Waals surface area (Å²) in [4.78, 5) is 0. The second-order valence-electron chi connectivity index (χ2n) is 5.20. The molecule has 17 heavy (non-hydrogen) atoms. The van der Waals surface area contributed by atoms with Crippen LogP contribution in [0.3, 0.4) is 0 Å². The van der Waals surface area contributed by atoms with Crippen molar-refractivity contribution in [1.29, 1.82) is 0 Å². The van der Waals surface area contributed by atoms with Crippen LogP contribution in [-0.4, -0.2) is 14.2 Å². The Morgan fingerprint density at radius 1 is 1.29 bits per heavy atom. The predicted octanol–water partition coefficient (Wildman–Crippen LogP) is 3.37. The smallest absolute Gasteiger partial charge is 0.122 e. The number of methoxy groups -OCH3 is 1. The molecular weight excluding hydrogens is 210 g/mol. The molecule has 2 heteroatoms. The zero-order valence-electron chi connectivity index (χ0n) is 11.3. The number of rotatable bonds is 5. The predicted molar refractivity (Wildman–Crippen MR) is 71.6 cm³/mol. The lowest BCUT2D eigenvalue weighted by atomic mass is 9.95. The van der Waals surface area contributed by atoms with Crippen molar-refractivity contribution >= 4 is 0 Å². The van der Waals surface area contributed by atoms with Crippen molar-refractivity contribution in [3.05, 3.63) is 28.8 Å². The molecule has 0 aliphatic heterocycles. The summed E-state index contributed by atoms with van der Waals surface area (Å²) in [5, 5.41) is 3.45. The molecule has 1 N–H and O–H groups in total. The van der Waals surface area contributed by atoms with E-state index < -0.39 is 0 Å². The first-order valence-corrected chi connectivity index (χ1v) is 6.48. The van der Waals surface area contributed by atoms with Crippen LogP contribution in [0.1, 0.15) is 42.0 Å². The monoisotopic (exact) mass is 233 g/mol. The van der Waals surface area contributed by atoms with E-state index in [1.165, 1.54) is 36.0 Å². The van der Waals surface area contributed by atoms with Crippen LogP contribution < -0.4 is 10.1 Å². The van der Waals surface area contributed by atoms with E-state index in [9.17, 15) is 0 Å².